The molecule has 3 aromatic carbocycles. The van der Waals surface area contributed by atoms with Gasteiger partial charge in [0.15, 0.2) is 0 Å². The first kappa shape index (κ1) is 24.1. The molecule has 0 aromatic heterocycles. The molecule has 0 bridgehead atoms. The minimum Gasteiger partial charge on any atom is -0.480 e. The minimum absolute atomic E-state index is 0.134. The number of aliphatic carboxylic acids is 1. The first-order valence-corrected chi connectivity index (χ1v) is 11.6. The summed E-state index contributed by atoms with van der Waals surface area (Å²) in [5.74, 6) is -1.66. The fraction of sp³-hybridized carbons (Fsp3) is 0.208. The van der Waals surface area contributed by atoms with Crippen molar-refractivity contribution in [2.45, 2.75) is 31.2 Å². The lowest BCUT2D eigenvalue weighted by Crippen LogP contribution is -2.52. The zero-order valence-electron chi connectivity index (χ0n) is 17.8. The number of anilines is 2. The number of rotatable bonds is 5. The van der Waals surface area contributed by atoms with Gasteiger partial charge >= 0.3 is 12.0 Å². The van der Waals surface area contributed by atoms with E-state index in [9.17, 15) is 19.5 Å². The number of urea groups is 1. The van der Waals surface area contributed by atoms with Crippen LogP contribution in [0.5, 0.6) is 0 Å². The molecule has 10 heteroatoms. The third-order valence-corrected chi connectivity index (χ3v) is 6.66. The van der Waals surface area contributed by atoms with Gasteiger partial charge in [-0.3, -0.25) is 4.79 Å². The molecule has 0 spiro atoms. The van der Waals surface area contributed by atoms with Crippen LogP contribution in [0.1, 0.15) is 36.0 Å². The molecule has 34 heavy (non-hydrogen) atoms. The Morgan fingerprint density at radius 3 is 2.03 bits per heavy atom. The molecule has 0 saturated heterocycles. The average Bonchev–Trinajstić information content (AvgIpc) is 3.25. The molecular formula is C24H20Cl3N3O4. The van der Waals surface area contributed by atoms with Crippen LogP contribution in [0.4, 0.5) is 16.2 Å². The van der Waals surface area contributed by atoms with Gasteiger partial charge in [-0.2, -0.15) is 0 Å². The van der Waals surface area contributed by atoms with E-state index < -0.39 is 23.4 Å². The van der Waals surface area contributed by atoms with E-state index in [2.05, 4.69) is 16.0 Å². The number of nitrogens with one attached hydrogen (secondary N) is 3. The molecule has 1 aliphatic rings. The number of halogens is 3. The Balaban J connectivity index is 1.66. The Labute approximate surface area is 210 Å². The van der Waals surface area contributed by atoms with Crippen molar-refractivity contribution < 1.29 is 19.5 Å². The third-order valence-electron chi connectivity index (χ3n) is 5.84. The minimum atomic E-state index is -1.33. The van der Waals surface area contributed by atoms with Gasteiger partial charge in [-0.05, 0) is 47.9 Å². The largest absolute Gasteiger partial charge is 0.480 e. The maximum atomic E-state index is 13.3. The van der Waals surface area contributed by atoms with E-state index in [-0.39, 0.29) is 27.0 Å². The first-order valence-electron chi connectivity index (χ1n) is 10.5. The molecule has 1 saturated carbocycles. The number of fused-ring (bicyclic) bond motifs is 1. The highest BCUT2D eigenvalue weighted by molar-refractivity contribution is 6.42. The monoisotopic (exact) mass is 519 g/mol. The normalized spacial score (nSPS) is 14.6. The molecule has 4 N–H and O–H groups in total. The Hall–Kier alpha value is -3.00. The number of carbonyl (C=O) groups is 3. The number of amides is 3. The SMILES string of the molecule is O=C(Nc1cc2ccccc2cc1C(=O)NC1(C(=O)O)CCCC1)Nc1c(Cl)cc(Cl)cc1Cl. The second kappa shape index (κ2) is 9.70. The summed E-state index contributed by atoms with van der Waals surface area (Å²) in [6.07, 6.45) is 2.11. The van der Waals surface area contributed by atoms with Crippen LogP contribution >= 0.6 is 34.8 Å². The van der Waals surface area contributed by atoms with Crippen molar-refractivity contribution in [3.05, 3.63) is 69.2 Å². The molecular weight excluding hydrogens is 501 g/mol. The molecule has 0 unspecified atom stereocenters. The molecule has 0 heterocycles. The second-order valence-electron chi connectivity index (χ2n) is 8.12. The topological polar surface area (TPSA) is 108 Å². The summed E-state index contributed by atoms with van der Waals surface area (Å²) in [6.45, 7) is 0. The predicted octanol–water partition coefficient (Wildman–Crippen LogP) is 6.57. The fourth-order valence-electron chi connectivity index (χ4n) is 4.12. The highest BCUT2D eigenvalue weighted by atomic mass is 35.5. The van der Waals surface area contributed by atoms with E-state index in [1.807, 2.05) is 24.3 Å². The molecule has 0 radical (unpaired) electrons. The highest BCUT2D eigenvalue weighted by Crippen LogP contribution is 2.34. The summed E-state index contributed by atoms with van der Waals surface area (Å²) in [5, 5.41) is 19.8. The molecule has 4 rings (SSSR count). The summed E-state index contributed by atoms with van der Waals surface area (Å²) in [6, 6.07) is 12.8. The van der Waals surface area contributed by atoms with Crippen molar-refractivity contribution >= 4 is 74.9 Å². The van der Waals surface area contributed by atoms with Gasteiger partial charge in [0, 0.05) is 5.02 Å². The molecule has 0 aliphatic heterocycles. The molecule has 1 fully saturated rings. The molecule has 3 aromatic rings. The van der Waals surface area contributed by atoms with E-state index in [1.165, 1.54) is 12.1 Å². The highest BCUT2D eigenvalue weighted by Gasteiger charge is 2.43. The number of carboxylic acid groups (broad SMARTS) is 1. The lowest BCUT2D eigenvalue weighted by Gasteiger charge is -2.26. The Morgan fingerprint density at radius 1 is 0.853 bits per heavy atom. The second-order valence-corrected chi connectivity index (χ2v) is 9.37. The van der Waals surface area contributed by atoms with E-state index in [4.69, 9.17) is 34.8 Å². The van der Waals surface area contributed by atoms with Crippen LogP contribution in [0.15, 0.2) is 48.5 Å². The van der Waals surface area contributed by atoms with Gasteiger partial charge in [-0.15, -0.1) is 0 Å². The molecule has 3 amide bonds. The maximum Gasteiger partial charge on any atom is 0.329 e. The summed E-state index contributed by atoms with van der Waals surface area (Å²) < 4.78 is 0. The van der Waals surface area contributed by atoms with Crippen LogP contribution < -0.4 is 16.0 Å². The van der Waals surface area contributed by atoms with Crippen molar-refractivity contribution in [2.75, 3.05) is 10.6 Å². The van der Waals surface area contributed by atoms with Crippen LogP contribution in [-0.4, -0.2) is 28.6 Å². The third kappa shape index (κ3) is 4.92. The first-order chi connectivity index (χ1) is 16.2. The van der Waals surface area contributed by atoms with E-state index in [0.29, 0.717) is 30.7 Å². The van der Waals surface area contributed by atoms with Gasteiger partial charge in [0.25, 0.3) is 5.91 Å². The van der Waals surface area contributed by atoms with Crippen molar-refractivity contribution in [2.24, 2.45) is 0 Å². The quantitative estimate of drug-likeness (QED) is 0.305. The van der Waals surface area contributed by atoms with Crippen molar-refractivity contribution in [3.63, 3.8) is 0 Å². The Bertz CT molecular complexity index is 1280. The zero-order valence-corrected chi connectivity index (χ0v) is 20.0. The van der Waals surface area contributed by atoms with E-state index in [1.54, 1.807) is 12.1 Å². The van der Waals surface area contributed by atoms with Gasteiger partial charge in [0.05, 0.1) is 27.0 Å². The molecule has 0 atom stereocenters. The standard InChI is InChI=1S/C24H20Cl3N3O4/c25-15-11-17(26)20(18(27)12-15)29-23(34)28-19-10-14-6-2-1-5-13(14)9-16(19)21(31)30-24(22(32)33)7-3-4-8-24/h1-2,5-6,9-12H,3-4,7-8H2,(H,30,31)(H,32,33)(H2,28,29,34). The number of benzene rings is 3. The van der Waals surface area contributed by atoms with Gasteiger partial charge in [0.2, 0.25) is 0 Å². The van der Waals surface area contributed by atoms with Crippen LogP contribution in [0.2, 0.25) is 15.1 Å². The van der Waals surface area contributed by atoms with Gasteiger partial charge in [-0.1, -0.05) is 71.9 Å². The van der Waals surface area contributed by atoms with Crippen molar-refractivity contribution in [3.8, 4) is 0 Å². The molecule has 176 valence electrons. The van der Waals surface area contributed by atoms with Crippen LogP contribution in [0.25, 0.3) is 10.8 Å². The van der Waals surface area contributed by atoms with Gasteiger partial charge in [0.1, 0.15) is 5.54 Å². The molecule has 1 aliphatic carbocycles. The summed E-state index contributed by atoms with van der Waals surface area (Å²) in [4.78, 5) is 38.0. The van der Waals surface area contributed by atoms with Crippen LogP contribution in [-0.2, 0) is 4.79 Å². The summed E-state index contributed by atoms with van der Waals surface area (Å²) in [5.41, 5.74) is -0.831. The smallest absolute Gasteiger partial charge is 0.329 e. The van der Waals surface area contributed by atoms with Gasteiger partial charge < -0.3 is 21.1 Å². The van der Waals surface area contributed by atoms with Crippen LogP contribution in [0, 0.1) is 0 Å². The van der Waals surface area contributed by atoms with Gasteiger partial charge in [-0.25, -0.2) is 9.59 Å². The van der Waals surface area contributed by atoms with E-state index in [0.717, 1.165) is 10.8 Å². The predicted molar refractivity (Wildman–Crippen MR) is 134 cm³/mol. The number of carboxylic acids is 1. The summed E-state index contributed by atoms with van der Waals surface area (Å²) in [7, 11) is 0. The lowest BCUT2D eigenvalue weighted by atomic mass is 9.96. The number of hydrogen-bond donors (Lipinski definition) is 4. The van der Waals surface area contributed by atoms with Crippen molar-refractivity contribution in [1.82, 2.24) is 5.32 Å². The van der Waals surface area contributed by atoms with Crippen molar-refractivity contribution in [1.29, 1.82) is 0 Å². The maximum absolute atomic E-state index is 13.3. The summed E-state index contributed by atoms with van der Waals surface area (Å²) >= 11 is 18.2. The zero-order chi connectivity index (χ0) is 24.5. The number of hydrogen-bond acceptors (Lipinski definition) is 3. The lowest BCUT2D eigenvalue weighted by molar-refractivity contribution is -0.144. The van der Waals surface area contributed by atoms with E-state index >= 15 is 0 Å². The van der Waals surface area contributed by atoms with Crippen LogP contribution in [0.3, 0.4) is 0 Å². The fourth-order valence-corrected chi connectivity index (χ4v) is 5.03. The Kier molecular flexibility index (Phi) is 6.89. The number of carbonyl (C=O) groups excluding carboxylic acids is 2. The Morgan fingerprint density at radius 2 is 1.44 bits per heavy atom. The molecule has 7 nitrogen and oxygen atoms in total. The average molecular weight is 521 g/mol.